The zero-order chi connectivity index (χ0) is 12.4. The van der Waals surface area contributed by atoms with Gasteiger partial charge in [0, 0.05) is 6.42 Å². The smallest absolute Gasteiger partial charge is 0.400 e. The van der Waals surface area contributed by atoms with Gasteiger partial charge < -0.3 is 14.1 Å². The van der Waals surface area contributed by atoms with E-state index >= 15 is 0 Å². The van der Waals surface area contributed by atoms with Gasteiger partial charge in [-0.05, 0) is 33.6 Å². The molecule has 1 fully saturated rings. The van der Waals surface area contributed by atoms with Crippen molar-refractivity contribution >= 4 is 13.4 Å². The first-order valence-electron chi connectivity index (χ1n) is 5.76. The minimum atomic E-state index is -0.306. The van der Waals surface area contributed by atoms with Crippen molar-refractivity contribution in [2.75, 3.05) is 0 Å². The quantitative estimate of drug-likeness (QED) is 0.543. The number of carbonyl (C=O) groups excluding carboxylic acids is 1. The molecule has 0 aromatic heterocycles. The molecular weight excluding hydrogens is 203 g/mol. The maximum atomic E-state index is 10.3. The second kappa shape index (κ2) is 4.72. The third kappa shape index (κ3) is 2.95. The molecule has 0 saturated carbocycles. The summed E-state index contributed by atoms with van der Waals surface area (Å²) in [5.41, 5.74) is -0.591. The van der Waals surface area contributed by atoms with Gasteiger partial charge >= 0.3 is 7.12 Å². The predicted molar refractivity (Wildman–Crippen MR) is 65.1 cm³/mol. The Kier molecular flexibility index (Phi) is 3.97. The van der Waals surface area contributed by atoms with Crippen LogP contribution in [-0.2, 0) is 14.1 Å². The lowest BCUT2D eigenvalue weighted by atomic mass is 9.88. The van der Waals surface area contributed by atoms with Crippen molar-refractivity contribution in [1.82, 2.24) is 0 Å². The Bertz CT molecular complexity index is 268. The molecule has 1 aliphatic heterocycles. The topological polar surface area (TPSA) is 35.5 Å². The van der Waals surface area contributed by atoms with E-state index in [1.807, 2.05) is 46.7 Å². The van der Waals surface area contributed by atoms with Gasteiger partial charge in [-0.2, -0.15) is 0 Å². The van der Waals surface area contributed by atoms with Crippen LogP contribution < -0.4 is 0 Å². The fourth-order valence-electron chi connectivity index (χ4n) is 1.48. The molecule has 1 saturated heterocycles. The second-order valence-electron chi connectivity index (χ2n) is 5.39. The van der Waals surface area contributed by atoms with Gasteiger partial charge in [0.05, 0.1) is 11.2 Å². The molecule has 0 unspecified atom stereocenters. The zero-order valence-corrected chi connectivity index (χ0v) is 10.8. The van der Waals surface area contributed by atoms with Crippen molar-refractivity contribution in [2.45, 2.75) is 52.2 Å². The molecule has 1 atom stereocenters. The second-order valence-corrected chi connectivity index (χ2v) is 5.39. The van der Waals surface area contributed by atoms with E-state index in [4.69, 9.17) is 9.31 Å². The average molecular weight is 224 g/mol. The molecule has 3 nitrogen and oxygen atoms in total. The van der Waals surface area contributed by atoms with Crippen LogP contribution in [-0.4, -0.2) is 24.6 Å². The lowest BCUT2D eigenvalue weighted by molar-refractivity contribution is -0.108. The Morgan fingerprint density at radius 3 is 2.12 bits per heavy atom. The van der Waals surface area contributed by atoms with Crippen LogP contribution in [0.4, 0.5) is 0 Å². The van der Waals surface area contributed by atoms with Crippen LogP contribution in [0, 0.1) is 5.92 Å². The van der Waals surface area contributed by atoms with Gasteiger partial charge in [0.25, 0.3) is 0 Å². The van der Waals surface area contributed by atoms with E-state index in [0.717, 1.165) is 6.29 Å². The summed E-state index contributed by atoms with van der Waals surface area (Å²) >= 11 is 0. The normalized spacial score (nSPS) is 24.9. The molecule has 1 rings (SSSR count). The van der Waals surface area contributed by atoms with Crippen LogP contribution in [0.25, 0.3) is 0 Å². The maximum absolute atomic E-state index is 10.3. The first kappa shape index (κ1) is 13.5. The largest absolute Gasteiger partial charge is 0.486 e. The Hall–Kier alpha value is -0.605. The summed E-state index contributed by atoms with van der Waals surface area (Å²) in [4.78, 5) is 10.3. The number of carbonyl (C=O) groups is 1. The molecule has 0 aromatic carbocycles. The Morgan fingerprint density at radius 2 is 1.69 bits per heavy atom. The number of rotatable bonds is 4. The minimum absolute atomic E-state index is 0.233. The van der Waals surface area contributed by atoms with Crippen molar-refractivity contribution in [3.63, 3.8) is 0 Å². The highest BCUT2D eigenvalue weighted by Gasteiger charge is 2.49. The summed E-state index contributed by atoms with van der Waals surface area (Å²) in [7, 11) is -0.306. The molecule has 1 heterocycles. The average Bonchev–Trinajstić information content (AvgIpc) is 2.33. The van der Waals surface area contributed by atoms with Crippen LogP contribution in [0.2, 0.25) is 0 Å². The van der Waals surface area contributed by atoms with Gasteiger partial charge in [-0.1, -0.05) is 19.0 Å². The molecular formula is C12H21BO3. The van der Waals surface area contributed by atoms with Gasteiger partial charge in [0.1, 0.15) is 6.29 Å². The molecule has 1 aliphatic rings. The zero-order valence-electron chi connectivity index (χ0n) is 10.8. The van der Waals surface area contributed by atoms with Gasteiger partial charge in [-0.25, -0.2) is 0 Å². The fourth-order valence-corrected chi connectivity index (χ4v) is 1.48. The summed E-state index contributed by atoms with van der Waals surface area (Å²) in [5, 5.41) is 0. The number of aldehydes is 1. The summed E-state index contributed by atoms with van der Waals surface area (Å²) in [6.45, 7) is 10.1. The monoisotopic (exact) mass is 224 g/mol. The molecule has 0 radical (unpaired) electrons. The molecule has 90 valence electrons. The molecule has 0 aliphatic carbocycles. The van der Waals surface area contributed by atoms with Gasteiger partial charge in [-0.3, -0.25) is 0 Å². The number of hydrogen-bond donors (Lipinski definition) is 0. The van der Waals surface area contributed by atoms with Crippen molar-refractivity contribution in [3.05, 3.63) is 12.1 Å². The fraction of sp³-hybridized carbons (Fsp3) is 0.750. The summed E-state index contributed by atoms with van der Waals surface area (Å²) in [6.07, 6.45) is 3.44. The number of allylic oxidation sites excluding steroid dienone is 1. The van der Waals surface area contributed by atoms with E-state index in [1.165, 1.54) is 0 Å². The van der Waals surface area contributed by atoms with E-state index in [-0.39, 0.29) is 24.2 Å². The van der Waals surface area contributed by atoms with Crippen LogP contribution in [0.5, 0.6) is 0 Å². The Balaban J connectivity index is 2.57. The van der Waals surface area contributed by atoms with Gasteiger partial charge in [0.2, 0.25) is 0 Å². The van der Waals surface area contributed by atoms with Crippen LogP contribution in [0.15, 0.2) is 12.1 Å². The molecule has 0 bridgehead atoms. The Labute approximate surface area is 98.3 Å². The van der Waals surface area contributed by atoms with Crippen molar-refractivity contribution in [3.8, 4) is 0 Å². The third-order valence-electron chi connectivity index (χ3n) is 3.34. The Morgan fingerprint density at radius 1 is 1.19 bits per heavy atom. The lowest BCUT2D eigenvalue weighted by Gasteiger charge is -2.32. The maximum Gasteiger partial charge on any atom is 0.486 e. The van der Waals surface area contributed by atoms with Crippen LogP contribution >= 0.6 is 0 Å². The standard InChI is InChI=1S/C12H21BO3/c1-10(7-9-14)6-8-13-15-11(2,3)12(4,5)16-13/h6,8-10H,7H2,1-5H3/b8-6+/t10-/m0/s1. The summed E-state index contributed by atoms with van der Waals surface area (Å²) in [6, 6.07) is 0. The highest BCUT2D eigenvalue weighted by molar-refractivity contribution is 6.51. The predicted octanol–water partition coefficient (Wildman–Crippen LogP) is 2.40. The van der Waals surface area contributed by atoms with E-state index in [9.17, 15) is 4.79 Å². The van der Waals surface area contributed by atoms with Gasteiger partial charge in [0.15, 0.2) is 0 Å². The van der Waals surface area contributed by atoms with E-state index in [1.54, 1.807) is 0 Å². The van der Waals surface area contributed by atoms with Crippen LogP contribution in [0.3, 0.4) is 0 Å². The van der Waals surface area contributed by atoms with Crippen molar-refractivity contribution < 1.29 is 14.1 Å². The van der Waals surface area contributed by atoms with E-state index in [2.05, 4.69) is 0 Å². The molecule has 16 heavy (non-hydrogen) atoms. The number of hydrogen-bond acceptors (Lipinski definition) is 3. The SMILES string of the molecule is C[C@@H](/C=C/B1OC(C)(C)C(C)(C)O1)CC=O. The highest BCUT2D eigenvalue weighted by atomic mass is 16.7. The summed E-state index contributed by atoms with van der Waals surface area (Å²) in [5.74, 6) is 2.13. The first-order valence-corrected chi connectivity index (χ1v) is 5.76. The van der Waals surface area contributed by atoms with Gasteiger partial charge in [-0.15, -0.1) is 0 Å². The molecule has 0 spiro atoms. The molecule has 0 N–H and O–H groups in total. The van der Waals surface area contributed by atoms with E-state index < -0.39 is 0 Å². The highest BCUT2D eigenvalue weighted by Crippen LogP contribution is 2.36. The van der Waals surface area contributed by atoms with Crippen molar-refractivity contribution in [2.24, 2.45) is 5.92 Å². The van der Waals surface area contributed by atoms with Crippen LogP contribution in [0.1, 0.15) is 41.0 Å². The lowest BCUT2D eigenvalue weighted by Crippen LogP contribution is -2.41. The molecule has 4 heteroatoms. The third-order valence-corrected chi connectivity index (χ3v) is 3.34. The van der Waals surface area contributed by atoms with E-state index in [0.29, 0.717) is 6.42 Å². The molecule has 0 amide bonds. The molecule has 0 aromatic rings. The summed E-state index contributed by atoms with van der Waals surface area (Å²) < 4.78 is 11.6. The van der Waals surface area contributed by atoms with Crippen molar-refractivity contribution in [1.29, 1.82) is 0 Å². The first-order chi connectivity index (χ1) is 7.28. The minimum Gasteiger partial charge on any atom is -0.400 e.